The van der Waals surface area contributed by atoms with Crippen LogP contribution in [-0.2, 0) is 0 Å². The van der Waals surface area contributed by atoms with E-state index in [-0.39, 0.29) is 0 Å². The molecule has 0 amide bonds. The number of hydrogen-bond acceptors (Lipinski definition) is 0. The molecule has 76 valence electrons. The molecule has 0 fully saturated rings. The molecular weight excluding hydrogens is 163 g/mol. The maximum Gasteiger partial charge on any atom is 0.160 e. The molecule has 13 heavy (non-hydrogen) atoms. The highest BCUT2D eigenvalue weighted by molar-refractivity contribution is 4.93. The number of alkyl halides is 1. The van der Waals surface area contributed by atoms with Crippen LogP contribution in [0.25, 0.3) is 0 Å². The molecule has 0 bridgehead atoms. The molecule has 0 saturated carbocycles. The minimum absolute atomic E-state index is 0.546. The molecule has 0 unspecified atom stereocenters. The van der Waals surface area contributed by atoms with Gasteiger partial charge in [0, 0.05) is 0 Å². The van der Waals surface area contributed by atoms with Gasteiger partial charge in [-0.2, -0.15) is 0 Å². The molecule has 0 saturated heterocycles. The fraction of sp³-hybridized carbons (Fsp3) is 0.833. The maximum atomic E-state index is 12.5. The van der Waals surface area contributed by atoms with E-state index in [1.807, 2.05) is 0 Å². The monoisotopic (exact) mass is 184 g/mol. The first kappa shape index (κ1) is 12.5. The van der Waals surface area contributed by atoms with Crippen molar-refractivity contribution >= 4 is 0 Å². The lowest BCUT2D eigenvalue weighted by Crippen LogP contribution is -1.94. The maximum absolute atomic E-state index is 12.5. The molecule has 0 radical (unpaired) electrons. The van der Waals surface area contributed by atoms with Crippen LogP contribution in [0.4, 0.5) is 4.39 Å². The van der Waals surface area contributed by atoms with E-state index >= 15 is 0 Å². The van der Waals surface area contributed by atoms with Crippen molar-refractivity contribution in [2.75, 3.05) is 0 Å². The molecule has 0 aliphatic rings. The topological polar surface area (TPSA) is 0 Å². The summed E-state index contributed by atoms with van der Waals surface area (Å²) in [7, 11) is 0. The van der Waals surface area contributed by atoms with Crippen LogP contribution in [0.3, 0.4) is 0 Å². The summed E-state index contributed by atoms with van der Waals surface area (Å²) in [4.78, 5) is 0. The Kier molecular flexibility index (Phi) is 9.20. The van der Waals surface area contributed by atoms with Gasteiger partial charge in [-0.25, -0.2) is 4.39 Å². The Morgan fingerprint density at radius 1 is 1.08 bits per heavy atom. The second-order valence-corrected chi connectivity index (χ2v) is 3.54. The molecule has 0 spiro atoms. The second-order valence-electron chi connectivity index (χ2n) is 3.54. The van der Waals surface area contributed by atoms with Crippen LogP contribution in [0, 0.1) is 12.3 Å². The molecule has 0 heterocycles. The van der Waals surface area contributed by atoms with E-state index in [4.69, 9.17) is 6.42 Å². The Hall–Kier alpha value is -0.510. The zero-order valence-corrected chi connectivity index (χ0v) is 8.69. The van der Waals surface area contributed by atoms with Crippen LogP contribution in [0.2, 0.25) is 0 Å². The molecule has 0 aliphatic carbocycles. The average Bonchev–Trinajstić information content (AvgIpc) is 2.16. The third-order valence-corrected chi connectivity index (χ3v) is 2.24. The van der Waals surface area contributed by atoms with E-state index in [0.29, 0.717) is 6.42 Å². The smallest absolute Gasteiger partial charge is 0.160 e. The highest BCUT2D eigenvalue weighted by Crippen LogP contribution is 2.10. The van der Waals surface area contributed by atoms with Crippen molar-refractivity contribution in [2.45, 2.75) is 64.5 Å². The van der Waals surface area contributed by atoms with Crippen molar-refractivity contribution in [3.05, 3.63) is 0 Å². The molecule has 1 atom stereocenters. The first-order chi connectivity index (χ1) is 6.31. The first-order valence-corrected chi connectivity index (χ1v) is 5.41. The Bertz CT molecular complexity index is 135. The van der Waals surface area contributed by atoms with E-state index < -0.39 is 6.17 Å². The Morgan fingerprint density at radius 3 is 2.15 bits per heavy atom. The van der Waals surface area contributed by atoms with Gasteiger partial charge in [-0.05, 0) is 12.8 Å². The minimum atomic E-state index is -1.02. The summed E-state index contributed by atoms with van der Waals surface area (Å²) in [5, 5.41) is 0. The molecule has 0 aromatic rings. The largest absolute Gasteiger partial charge is 0.233 e. The molecule has 1 heteroatoms. The third kappa shape index (κ3) is 9.40. The lowest BCUT2D eigenvalue weighted by molar-refractivity contribution is 0.376. The number of unbranched alkanes of at least 4 members (excludes halogenated alkanes) is 6. The number of rotatable bonds is 8. The molecule has 0 aromatic heterocycles. The van der Waals surface area contributed by atoms with E-state index in [0.717, 1.165) is 12.8 Å². The first-order valence-electron chi connectivity index (χ1n) is 5.41. The van der Waals surface area contributed by atoms with Crippen LogP contribution in [0.5, 0.6) is 0 Å². The Morgan fingerprint density at radius 2 is 1.62 bits per heavy atom. The normalized spacial score (nSPS) is 12.4. The zero-order valence-electron chi connectivity index (χ0n) is 8.69. The number of hydrogen-bond donors (Lipinski definition) is 0. The van der Waals surface area contributed by atoms with Gasteiger partial charge in [-0.1, -0.05) is 51.4 Å². The molecular formula is C12H21F. The molecule has 0 rings (SSSR count). The van der Waals surface area contributed by atoms with Crippen LogP contribution in [0.1, 0.15) is 58.3 Å². The van der Waals surface area contributed by atoms with E-state index in [9.17, 15) is 4.39 Å². The summed E-state index contributed by atoms with van der Waals surface area (Å²) < 4.78 is 12.5. The van der Waals surface area contributed by atoms with Gasteiger partial charge in [0.2, 0.25) is 0 Å². The van der Waals surface area contributed by atoms with Crippen molar-refractivity contribution in [3.8, 4) is 12.3 Å². The third-order valence-electron chi connectivity index (χ3n) is 2.24. The fourth-order valence-corrected chi connectivity index (χ4v) is 1.36. The molecule has 0 nitrogen and oxygen atoms in total. The summed E-state index contributed by atoms with van der Waals surface area (Å²) in [5.41, 5.74) is 0. The van der Waals surface area contributed by atoms with Crippen molar-refractivity contribution in [2.24, 2.45) is 0 Å². The summed E-state index contributed by atoms with van der Waals surface area (Å²) in [5.74, 6) is 2.11. The van der Waals surface area contributed by atoms with E-state index in [1.54, 1.807) is 0 Å². The molecule has 0 aliphatic heterocycles. The summed E-state index contributed by atoms with van der Waals surface area (Å²) in [6, 6.07) is 0. The average molecular weight is 184 g/mol. The van der Waals surface area contributed by atoms with Crippen molar-refractivity contribution < 1.29 is 4.39 Å². The minimum Gasteiger partial charge on any atom is -0.233 e. The van der Waals surface area contributed by atoms with Crippen LogP contribution in [-0.4, -0.2) is 6.17 Å². The van der Waals surface area contributed by atoms with Gasteiger partial charge in [0.1, 0.15) is 0 Å². The molecule has 0 aromatic carbocycles. The summed E-state index contributed by atoms with van der Waals surface area (Å²) in [6.07, 6.45) is 13.0. The highest BCUT2D eigenvalue weighted by atomic mass is 19.1. The van der Waals surface area contributed by atoms with Crippen LogP contribution < -0.4 is 0 Å². The SMILES string of the molecule is C#C[C@H](F)CCCCCCCCC. The second kappa shape index (κ2) is 9.58. The van der Waals surface area contributed by atoms with Crippen molar-refractivity contribution in [1.29, 1.82) is 0 Å². The van der Waals surface area contributed by atoms with Gasteiger partial charge < -0.3 is 0 Å². The van der Waals surface area contributed by atoms with E-state index in [2.05, 4.69) is 12.8 Å². The van der Waals surface area contributed by atoms with Crippen molar-refractivity contribution in [1.82, 2.24) is 0 Å². The van der Waals surface area contributed by atoms with Gasteiger partial charge >= 0.3 is 0 Å². The summed E-state index contributed by atoms with van der Waals surface area (Å²) >= 11 is 0. The summed E-state index contributed by atoms with van der Waals surface area (Å²) in [6.45, 7) is 2.21. The predicted octanol–water partition coefficient (Wildman–Crippen LogP) is 4.10. The van der Waals surface area contributed by atoms with Gasteiger partial charge in [0.25, 0.3) is 0 Å². The fourth-order valence-electron chi connectivity index (χ4n) is 1.36. The highest BCUT2D eigenvalue weighted by Gasteiger charge is 1.99. The van der Waals surface area contributed by atoms with E-state index in [1.165, 1.54) is 32.1 Å². The van der Waals surface area contributed by atoms with Gasteiger partial charge in [0.05, 0.1) is 0 Å². The van der Waals surface area contributed by atoms with Crippen LogP contribution in [0.15, 0.2) is 0 Å². The predicted molar refractivity (Wildman–Crippen MR) is 56.3 cm³/mol. The van der Waals surface area contributed by atoms with Gasteiger partial charge in [-0.15, -0.1) is 6.42 Å². The Labute approximate surface area is 81.9 Å². The standard InChI is InChI=1S/C12H21F/c1-3-5-6-7-8-9-10-11-12(13)4-2/h2,12H,3,5-11H2,1H3/t12-/m0/s1. The van der Waals surface area contributed by atoms with Crippen LogP contribution >= 0.6 is 0 Å². The van der Waals surface area contributed by atoms with Crippen molar-refractivity contribution in [3.63, 3.8) is 0 Å². The van der Waals surface area contributed by atoms with Gasteiger partial charge in [0.15, 0.2) is 6.17 Å². The lowest BCUT2D eigenvalue weighted by atomic mass is 10.1. The van der Waals surface area contributed by atoms with Gasteiger partial charge in [-0.3, -0.25) is 0 Å². The zero-order chi connectivity index (χ0) is 9.94. The number of halogens is 1. The quantitative estimate of drug-likeness (QED) is 0.393. The lowest BCUT2D eigenvalue weighted by Gasteiger charge is -2.01. The number of terminal acetylenes is 1. The molecule has 0 N–H and O–H groups in total. The Balaban J connectivity index is 2.96.